The van der Waals surface area contributed by atoms with Gasteiger partial charge in [0.15, 0.2) is 0 Å². The average molecular weight is 425 g/mol. The van der Waals surface area contributed by atoms with Crippen molar-refractivity contribution >= 4 is 28.4 Å². The Bertz CT molecular complexity index is 1160. The predicted octanol–water partition coefficient (Wildman–Crippen LogP) is 0.997. The molecule has 2 atom stereocenters. The van der Waals surface area contributed by atoms with Crippen LogP contribution in [0.25, 0.3) is 10.9 Å². The highest BCUT2D eigenvalue weighted by molar-refractivity contribution is 6.00. The Kier molecular flexibility index (Phi) is 5.05. The molecular weight excluding hydrogens is 404 g/mol. The summed E-state index contributed by atoms with van der Waals surface area (Å²) >= 11 is 0. The SMILES string of the molecule is CN1C(=O)[C@H](Cc2c[nH]c3cccc(N([O-])O)c23)NC(=O)[C@]1(O)Cc1cccc(O)c1. The van der Waals surface area contributed by atoms with E-state index in [0.29, 0.717) is 22.0 Å². The number of fused-ring (bicyclic) bond motifs is 1. The van der Waals surface area contributed by atoms with Gasteiger partial charge in [-0.25, -0.2) is 0 Å². The van der Waals surface area contributed by atoms with Crippen LogP contribution in [0.4, 0.5) is 5.69 Å². The zero-order valence-electron chi connectivity index (χ0n) is 16.6. The number of nitrogens with one attached hydrogen (secondary N) is 2. The van der Waals surface area contributed by atoms with Crippen LogP contribution in [0.5, 0.6) is 5.75 Å². The van der Waals surface area contributed by atoms with Crippen molar-refractivity contribution in [2.75, 3.05) is 12.3 Å². The molecule has 2 heterocycles. The summed E-state index contributed by atoms with van der Waals surface area (Å²) in [6, 6.07) is 9.86. The Balaban J connectivity index is 1.60. The topological polar surface area (TPSA) is 152 Å². The molecule has 0 spiro atoms. The number of hydrogen-bond acceptors (Lipinski definition) is 7. The first-order chi connectivity index (χ1) is 14.7. The zero-order valence-corrected chi connectivity index (χ0v) is 16.6. The number of amides is 2. The van der Waals surface area contributed by atoms with E-state index in [1.165, 1.54) is 25.2 Å². The van der Waals surface area contributed by atoms with Crippen LogP contribution in [0.15, 0.2) is 48.7 Å². The third kappa shape index (κ3) is 3.56. The lowest BCUT2D eigenvalue weighted by atomic mass is 9.94. The summed E-state index contributed by atoms with van der Waals surface area (Å²) < 4.78 is 0. The Hall–Kier alpha value is -3.60. The first-order valence-electron chi connectivity index (χ1n) is 9.55. The van der Waals surface area contributed by atoms with E-state index >= 15 is 0 Å². The normalized spacial score (nSPS) is 21.4. The zero-order chi connectivity index (χ0) is 22.3. The van der Waals surface area contributed by atoms with Gasteiger partial charge in [-0.1, -0.05) is 18.2 Å². The van der Waals surface area contributed by atoms with E-state index in [2.05, 4.69) is 10.3 Å². The number of likely N-dealkylation sites (N-methyl/N-ethyl adjacent to an activating group) is 1. The van der Waals surface area contributed by atoms with Crippen LogP contribution < -0.4 is 10.5 Å². The predicted molar refractivity (Wildman–Crippen MR) is 111 cm³/mol. The molecule has 0 bridgehead atoms. The highest BCUT2D eigenvalue weighted by Gasteiger charge is 2.50. The minimum atomic E-state index is -2.12. The fourth-order valence-electron chi connectivity index (χ4n) is 3.97. The molecule has 0 unspecified atom stereocenters. The van der Waals surface area contributed by atoms with Gasteiger partial charge in [0.05, 0.1) is 5.69 Å². The lowest BCUT2D eigenvalue weighted by molar-refractivity contribution is -0.181. The summed E-state index contributed by atoms with van der Waals surface area (Å²) in [5, 5.41) is 44.3. The maximum Gasteiger partial charge on any atom is 0.274 e. The van der Waals surface area contributed by atoms with Crippen molar-refractivity contribution in [3.63, 3.8) is 0 Å². The number of carbonyl (C=O) groups is 2. The number of piperazine rings is 1. The second-order valence-electron chi connectivity index (χ2n) is 7.58. The van der Waals surface area contributed by atoms with E-state index in [0.717, 1.165) is 4.90 Å². The lowest BCUT2D eigenvalue weighted by Crippen LogP contribution is -2.70. The van der Waals surface area contributed by atoms with Crippen LogP contribution in [0, 0.1) is 5.21 Å². The summed E-state index contributed by atoms with van der Waals surface area (Å²) in [7, 11) is 1.34. The van der Waals surface area contributed by atoms with E-state index in [4.69, 9.17) is 0 Å². The molecule has 2 aromatic carbocycles. The molecule has 5 N–H and O–H groups in total. The molecule has 162 valence electrons. The number of carbonyl (C=O) groups excluding carboxylic acids is 2. The quantitative estimate of drug-likeness (QED) is 0.382. The third-order valence-electron chi connectivity index (χ3n) is 5.61. The van der Waals surface area contributed by atoms with Gasteiger partial charge in [0.2, 0.25) is 11.6 Å². The summed E-state index contributed by atoms with van der Waals surface area (Å²) in [4.78, 5) is 29.8. The first kappa shape index (κ1) is 20.7. The monoisotopic (exact) mass is 425 g/mol. The molecule has 1 fully saturated rings. The van der Waals surface area contributed by atoms with Gasteiger partial charge >= 0.3 is 0 Å². The molecule has 0 radical (unpaired) electrons. The second-order valence-corrected chi connectivity index (χ2v) is 7.58. The second kappa shape index (κ2) is 7.58. The molecule has 0 saturated carbocycles. The smallest absolute Gasteiger partial charge is 0.274 e. The van der Waals surface area contributed by atoms with Gasteiger partial charge in [-0.05, 0) is 35.4 Å². The average Bonchev–Trinajstić information content (AvgIpc) is 3.13. The van der Waals surface area contributed by atoms with Crippen molar-refractivity contribution in [1.82, 2.24) is 15.2 Å². The summed E-state index contributed by atoms with van der Waals surface area (Å²) in [5.41, 5.74) is -0.492. The first-order valence-corrected chi connectivity index (χ1v) is 9.55. The van der Waals surface area contributed by atoms with E-state index in [9.17, 15) is 30.2 Å². The molecule has 10 heteroatoms. The summed E-state index contributed by atoms with van der Waals surface area (Å²) in [6.07, 6.45) is 1.45. The van der Waals surface area contributed by atoms with Crippen molar-refractivity contribution < 1.29 is 25.0 Å². The Morgan fingerprint density at radius 3 is 2.68 bits per heavy atom. The standard InChI is InChI=1S/C21H21N4O6/c1-24-19(27)16(9-13-11-22-15-6-3-7-17(18(13)15)25(30)31)23-20(28)21(24,29)10-12-4-2-5-14(26)8-12/h2-8,11,16,22,26,29-30H,9-10H2,1H3,(H,23,28)/q-1/t16-,21+/m0/s1. The Morgan fingerprint density at radius 2 is 1.97 bits per heavy atom. The van der Waals surface area contributed by atoms with Gasteiger partial charge in [0.25, 0.3) is 5.91 Å². The van der Waals surface area contributed by atoms with E-state index in [1.807, 2.05) is 0 Å². The molecular formula is C21H21N4O6-. The van der Waals surface area contributed by atoms with Crippen LogP contribution in [0.2, 0.25) is 0 Å². The minimum Gasteiger partial charge on any atom is -0.733 e. The number of aromatic nitrogens is 1. The number of phenolic OH excluding ortho intramolecular Hbond substituents is 1. The van der Waals surface area contributed by atoms with Crippen LogP contribution in [-0.4, -0.2) is 55.9 Å². The number of rotatable bonds is 5. The van der Waals surface area contributed by atoms with Crippen molar-refractivity contribution in [3.8, 4) is 5.75 Å². The van der Waals surface area contributed by atoms with Gasteiger partial charge in [-0.2, -0.15) is 0 Å². The Labute approximate surface area is 176 Å². The molecule has 2 amide bonds. The van der Waals surface area contributed by atoms with Crippen LogP contribution in [0.3, 0.4) is 0 Å². The number of phenols is 1. The number of aromatic hydroxyl groups is 1. The molecule has 0 aliphatic carbocycles. The largest absolute Gasteiger partial charge is 0.733 e. The van der Waals surface area contributed by atoms with Crippen molar-refractivity contribution in [1.29, 1.82) is 0 Å². The minimum absolute atomic E-state index is 0.0112. The van der Waals surface area contributed by atoms with Gasteiger partial charge < -0.3 is 35.8 Å². The van der Waals surface area contributed by atoms with Crippen molar-refractivity contribution in [2.24, 2.45) is 0 Å². The molecule has 3 aromatic rings. The number of nitrogens with zero attached hydrogens (tertiary/aromatic N) is 2. The van der Waals surface area contributed by atoms with Crippen LogP contribution in [-0.2, 0) is 22.4 Å². The maximum atomic E-state index is 13.0. The number of aromatic amines is 1. The summed E-state index contributed by atoms with van der Waals surface area (Å²) in [6.45, 7) is 0. The number of aliphatic hydroxyl groups is 1. The van der Waals surface area contributed by atoms with Gasteiger partial charge in [0, 0.05) is 37.0 Å². The number of hydrogen-bond donors (Lipinski definition) is 5. The molecule has 4 rings (SSSR count). The van der Waals surface area contributed by atoms with Crippen LogP contribution >= 0.6 is 0 Å². The number of benzene rings is 2. The fraction of sp³-hybridized carbons (Fsp3) is 0.238. The van der Waals surface area contributed by atoms with E-state index in [1.54, 1.807) is 30.5 Å². The molecule has 31 heavy (non-hydrogen) atoms. The molecule has 1 aromatic heterocycles. The van der Waals surface area contributed by atoms with Gasteiger partial charge in [0.1, 0.15) is 11.8 Å². The molecule has 1 saturated heterocycles. The highest BCUT2D eigenvalue weighted by Crippen LogP contribution is 2.31. The number of H-pyrrole nitrogens is 1. The summed E-state index contributed by atoms with van der Waals surface area (Å²) in [5.74, 6) is -1.29. The fourth-order valence-corrected chi connectivity index (χ4v) is 3.97. The maximum absolute atomic E-state index is 13.0. The lowest BCUT2D eigenvalue weighted by Gasteiger charge is -2.42. The van der Waals surface area contributed by atoms with Crippen LogP contribution in [0.1, 0.15) is 11.1 Å². The molecule has 1 aliphatic rings. The van der Waals surface area contributed by atoms with Crippen molar-refractivity contribution in [3.05, 3.63) is 65.0 Å². The Morgan fingerprint density at radius 1 is 1.23 bits per heavy atom. The molecule has 1 aliphatic heterocycles. The van der Waals surface area contributed by atoms with Gasteiger partial charge in [-0.15, -0.1) is 0 Å². The van der Waals surface area contributed by atoms with Gasteiger partial charge in [-0.3, -0.25) is 14.8 Å². The number of anilines is 1. The highest BCUT2D eigenvalue weighted by atomic mass is 16.8. The van der Waals surface area contributed by atoms with Crippen molar-refractivity contribution in [2.45, 2.75) is 24.6 Å². The van der Waals surface area contributed by atoms with E-state index < -0.39 is 23.6 Å². The van der Waals surface area contributed by atoms with E-state index in [-0.39, 0.29) is 29.5 Å². The third-order valence-corrected chi connectivity index (χ3v) is 5.61. The molecule has 10 nitrogen and oxygen atoms in total.